The van der Waals surface area contributed by atoms with Crippen LogP contribution in [0.1, 0.15) is 0 Å². The van der Waals surface area contributed by atoms with Crippen molar-refractivity contribution < 1.29 is 41.7 Å². The van der Waals surface area contributed by atoms with E-state index in [-0.39, 0.29) is 0 Å². The van der Waals surface area contributed by atoms with Crippen molar-refractivity contribution in [2.24, 2.45) is 0 Å². The minimum absolute atomic E-state index is 0.733. The van der Waals surface area contributed by atoms with Crippen molar-refractivity contribution in [1.82, 2.24) is 0 Å². The Morgan fingerprint density at radius 2 is 1.25 bits per heavy atom. The van der Waals surface area contributed by atoms with Crippen molar-refractivity contribution in [2.45, 2.75) is 0 Å². The second kappa shape index (κ2) is 19.7. The molecular weight excluding hydrogens is 360 g/mol. The van der Waals surface area contributed by atoms with Crippen LogP contribution in [0.25, 0.3) is 0 Å². The Bertz CT molecular complexity index is 8.00. The molecule has 4 heteroatoms. The molecule has 0 aromatic carbocycles. The first-order valence-electron chi connectivity index (χ1n) is 0.455. The molecule has 0 aliphatic rings. The molecule has 0 spiro atoms. The van der Waals surface area contributed by atoms with Gasteiger partial charge in [0, 0.05) is 0 Å². The number of hydrogen-bond donors (Lipinski definition) is 0. The summed E-state index contributed by atoms with van der Waals surface area (Å²) < 4.78 is 0. The normalized spacial score (nSPS) is 2.50. The predicted molar refractivity (Wildman–Crippen MR) is 15.2 cm³/mol. The zero-order valence-corrected chi connectivity index (χ0v) is 10.5. The Labute approximate surface area is 59.2 Å². The van der Waals surface area contributed by atoms with Gasteiger partial charge in [0.1, 0.15) is 0 Å². The number of hydrogen-bond acceptors (Lipinski definition) is 2. The first kappa shape index (κ1) is 9.41. The van der Waals surface area contributed by atoms with Gasteiger partial charge in [-0.3, -0.25) is 0 Å². The van der Waals surface area contributed by atoms with Crippen LogP contribution < -0.4 is 0 Å². The van der Waals surface area contributed by atoms with Crippen molar-refractivity contribution in [3.05, 3.63) is 0 Å². The van der Waals surface area contributed by atoms with E-state index in [2.05, 4.69) is 18.5 Å². The third-order valence-corrected chi connectivity index (χ3v) is 0. The summed E-state index contributed by atoms with van der Waals surface area (Å²) in [6, 6.07) is 0. The van der Waals surface area contributed by atoms with Gasteiger partial charge in [-0.15, -0.1) is 0 Å². The summed E-state index contributed by atoms with van der Waals surface area (Å²) in [4.78, 5) is 0. The first-order valence-corrected chi connectivity index (χ1v) is 9.90. The molecule has 0 amide bonds. The molecule has 0 aliphatic heterocycles. The van der Waals surface area contributed by atoms with Gasteiger partial charge in [-0.2, -0.15) is 0 Å². The molecule has 0 bridgehead atoms. The molecular formula is CdS2W. The van der Waals surface area contributed by atoms with Crippen molar-refractivity contribution in [2.75, 3.05) is 0 Å². The van der Waals surface area contributed by atoms with E-state index < -0.39 is 0 Å². The van der Waals surface area contributed by atoms with Crippen LogP contribution in [0.3, 0.4) is 0 Å². The van der Waals surface area contributed by atoms with E-state index in [9.17, 15) is 0 Å². The zero-order valence-electron chi connectivity index (χ0n) is 1.93. The van der Waals surface area contributed by atoms with E-state index in [0.717, 1.165) is 23.7 Å². The summed E-state index contributed by atoms with van der Waals surface area (Å²) in [6.07, 6.45) is 0. The summed E-state index contributed by atoms with van der Waals surface area (Å²) in [5.74, 6) is 0. The van der Waals surface area contributed by atoms with Gasteiger partial charge in [-0.1, -0.05) is 0 Å². The maximum atomic E-state index is 4.25. The van der Waals surface area contributed by atoms with Gasteiger partial charge in [0.2, 0.25) is 0 Å². The maximum absolute atomic E-state index is 4.25. The van der Waals surface area contributed by atoms with Gasteiger partial charge in [0.05, 0.1) is 0 Å². The second-order valence-corrected chi connectivity index (χ2v) is 0. The van der Waals surface area contributed by atoms with Crippen molar-refractivity contribution >= 4 is 18.5 Å². The molecule has 0 saturated heterocycles. The zero-order chi connectivity index (χ0) is 4.00. The van der Waals surface area contributed by atoms with Crippen LogP contribution in [0.2, 0.25) is 0 Å². The molecule has 20 valence electrons. The van der Waals surface area contributed by atoms with Gasteiger partial charge in [-0.25, -0.2) is 0 Å². The molecule has 0 radical (unpaired) electrons. The Morgan fingerprint density at radius 1 is 1.25 bits per heavy atom. The molecule has 0 aromatic rings. The molecule has 0 atom stereocenters. The molecule has 0 N–H and O–H groups in total. The van der Waals surface area contributed by atoms with Crippen molar-refractivity contribution in [3.63, 3.8) is 0 Å². The van der Waals surface area contributed by atoms with Gasteiger partial charge >= 0.3 is 60.1 Å². The van der Waals surface area contributed by atoms with Crippen LogP contribution in [0.4, 0.5) is 0 Å². The quantitative estimate of drug-likeness (QED) is 0.597. The summed E-state index contributed by atoms with van der Waals surface area (Å²) >= 11 is 1.90. The summed E-state index contributed by atoms with van der Waals surface area (Å²) in [5, 5.41) is 0. The summed E-state index contributed by atoms with van der Waals surface area (Å²) in [6.45, 7) is 0. The van der Waals surface area contributed by atoms with Crippen LogP contribution in [0.15, 0.2) is 0 Å². The van der Waals surface area contributed by atoms with E-state index in [1.54, 1.807) is 0 Å². The fourth-order valence-corrected chi connectivity index (χ4v) is 0. The number of rotatable bonds is 0. The molecule has 4 heavy (non-hydrogen) atoms. The molecule has 0 aromatic heterocycles. The second-order valence-electron chi connectivity index (χ2n) is 0. The molecule has 0 heterocycles. The van der Waals surface area contributed by atoms with Gasteiger partial charge in [0.15, 0.2) is 0 Å². The monoisotopic (exact) mass is 362 g/mol. The fraction of sp³-hybridized carbons (Fsp3) is 0. The van der Waals surface area contributed by atoms with Crippen LogP contribution in [0.5, 0.6) is 0 Å². The third-order valence-electron chi connectivity index (χ3n) is 0. The third kappa shape index (κ3) is 8.96. The SMILES string of the molecule is [S]=[Cd].[S]=[W]. The molecule has 0 rings (SSSR count). The van der Waals surface area contributed by atoms with Crippen LogP contribution in [-0.4, -0.2) is 0 Å². The van der Waals surface area contributed by atoms with E-state index in [0.29, 0.717) is 0 Å². The predicted octanol–water partition coefficient (Wildman–Crippen LogP) is 1.29. The Kier molecular flexibility index (Phi) is 46.3. The molecule has 0 unspecified atom stereocenters. The average molecular weight is 360 g/mol. The van der Waals surface area contributed by atoms with Gasteiger partial charge in [-0.05, 0) is 0 Å². The van der Waals surface area contributed by atoms with Gasteiger partial charge < -0.3 is 0 Å². The van der Waals surface area contributed by atoms with E-state index in [4.69, 9.17) is 0 Å². The first-order chi connectivity index (χ1) is 2.00. The van der Waals surface area contributed by atoms with Crippen LogP contribution in [-0.2, 0) is 41.7 Å². The molecule has 0 saturated carbocycles. The van der Waals surface area contributed by atoms with E-state index in [1.807, 2.05) is 0 Å². The van der Waals surface area contributed by atoms with Crippen LogP contribution in [0, 0.1) is 0 Å². The van der Waals surface area contributed by atoms with Crippen molar-refractivity contribution in [3.8, 4) is 0 Å². The van der Waals surface area contributed by atoms with Crippen LogP contribution >= 0.6 is 18.5 Å². The average Bonchev–Trinajstić information content (AvgIpc) is 1.50. The topological polar surface area (TPSA) is 0 Å². The fourth-order valence-electron chi connectivity index (χ4n) is 0. The Morgan fingerprint density at radius 3 is 1.25 bits per heavy atom. The Balaban J connectivity index is 0. The molecule has 0 fully saturated rings. The van der Waals surface area contributed by atoms with Crippen molar-refractivity contribution in [1.29, 1.82) is 0 Å². The summed E-state index contributed by atoms with van der Waals surface area (Å²) in [5.41, 5.74) is 0. The summed E-state index contributed by atoms with van der Waals surface area (Å²) in [7, 11) is 8.42. The van der Waals surface area contributed by atoms with E-state index in [1.165, 1.54) is 18.0 Å². The minimum atomic E-state index is 0.733. The molecule has 0 aliphatic carbocycles. The molecule has 0 nitrogen and oxygen atoms in total. The van der Waals surface area contributed by atoms with Gasteiger partial charge in [0.25, 0.3) is 0 Å². The Hall–Kier alpha value is 2.05. The van der Waals surface area contributed by atoms with E-state index >= 15 is 0 Å². The standard InChI is InChI=1S/Cd.2S.W.